The first-order valence-corrected chi connectivity index (χ1v) is 9.63. The summed E-state index contributed by atoms with van der Waals surface area (Å²) in [5.41, 5.74) is 5.29. The highest BCUT2D eigenvalue weighted by molar-refractivity contribution is 5.84. The van der Waals surface area contributed by atoms with Crippen LogP contribution in [-0.2, 0) is 12.8 Å². The van der Waals surface area contributed by atoms with Crippen molar-refractivity contribution in [2.24, 2.45) is 0 Å². The molecule has 0 aliphatic heterocycles. The molecule has 4 heteroatoms. The Morgan fingerprint density at radius 2 is 1.52 bits per heavy atom. The minimum Gasteiger partial charge on any atom is -0.361 e. The third-order valence-corrected chi connectivity index (χ3v) is 5.35. The predicted octanol–water partition coefficient (Wildman–Crippen LogP) is 4.04. The maximum absolute atomic E-state index is 3.38. The summed E-state index contributed by atoms with van der Waals surface area (Å²) >= 11 is 0. The maximum atomic E-state index is 3.38. The van der Waals surface area contributed by atoms with Gasteiger partial charge in [0.15, 0.2) is 0 Å². The first kappa shape index (κ1) is 17.7. The molecule has 0 aliphatic rings. The van der Waals surface area contributed by atoms with Crippen LogP contribution in [0.25, 0.3) is 21.8 Å². The lowest BCUT2D eigenvalue weighted by Gasteiger charge is -2.22. The summed E-state index contributed by atoms with van der Waals surface area (Å²) in [6.07, 6.45) is 6.54. The number of likely N-dealkylation sites (N-methyl/N-ethyl adjacent to an activating group) is 2. The number of aromatic nitrogens is 2. The molecule has 27 heavy (non-hydrogen) atoms. The number of fused-ring (bicyclic) bond motifs is 2. The summed E-state index contributed by atoms with van der Waals surface area (Å²) in [6.45, 7) is 2.03. The minimum absolute atomic E-state index is 0.966. The average Bonchev–Trinajstić information content (AvgIpc) is 3.26. The maximum Gasteiger partial charge on any atom is 0.0697 e. The summed E-state index contributed by atoms with van der Waals surface area (Å²) < 4.78 is 2.31. The number of nitrogens with one attached hydrogen (secondary N) is 1. The number of nitrogens with zero attached hydrogens (tertiary/aromatic N) is 3. The van der Waals surface area contributed by atoms with Gasteiger partial charge in [-0.05, 0) is 50.2 Å². The fourth-order valence-corrected chi connectivity index (χ4v) is 3.79. The third-order valence-electron chi connectivity index (χ3n) is 5.35. The molecule has 140 valence electrons. The number of rotatable bonds is 7. The van der Waals surface area contributed by atoms with E-state index in [-0.39, 0.29) is 0 Å². The normalized spacial score (nSPS) is 11.7. The molecule has 0 fully saturated rings. The molecule has 2 heterocycles. The Kier molecular flexibility index (Phi) is 4.90. The monoisotopic (exact) mass is 360 g/mol. The molecule has 4 nitrogen and oxygen atoms in total. The SMILES string of the molecule is CN(C)CCc1cn(N(C)CCc2c[nH]c3ccccc23)c2ccccc12. The van der Waals surface area contributed by atoms with Gasteiger partial charge in [0.05, 0.1) is 5.52 Å². The van der Waals surface area contributed by atoms with Crippen molar-refractivity contribution in [2.45, 2.75) is 12.8 Å². The van der Waals surface area contributed by atoms with Crippen LogP contribution >= 0.6 is 0 Å². The van der Waals surface area contributed by atoms with Gasteiger partial charge < -0.3 is 14.9 Å². The van der Waals surface area contributed by atoms with Gasteiger partial charge in [-0.2, -0.15) is 0 Å². The van der Waals surface area contributed by atoms with Crippen LogP contribution in [-0.4, -0.2) is 48.8 Å². The van der Waals surface area contributed by atoms with Gasteiger partial charge in [0, 0.05) is 48.8 Å². The Morgan fingerprint density at radius 1 is 0.815 bits per heavy atom. The van der Waals surface area contributed by atoms with E-state index in [1.807, 2.05) is 0 Å². The summed E-state index contributed by atoms with van der Waals surface area (Å²) in [5, 5.41) is 5.01. The highest BCUT2D eigenvalue weighted by atomic mass is 15.5. The molecule has 0 aliphatic carbocycles. The lowest BCUT2D eigenvalue weighted by atomic mass is 10.1. The van der Waals surface area contributed by atoms with Crippen LogP contribution in [0.1, 0.15) is 11.1 Å². The molecule has 2 aromatic carbocycles. The Hall–Kier alpha value is -2.72. The molecular weight excluding hydrogens is 332 g/mol. The smallest absolute Gasteiger partial charge is 0.0697 e. The molecule has 0 amide bonds. The van der Waals surface area contributed by atoms with Gasteiger partial charge in [0.1, 0.15) is 0 Å². The topological polar surface area (TPSA) is 27.2 Å². The van der Waals surface area contributed by atoms with Gasteiger partial charge in [0.2, 0.25) is 0 Å². The third kappa shape index (κ3) is 3.58. The Bertz CT molecular complexity index is 1040. The number of hydrogen-bond acceptors (Lipinski definition) is 2. The van der Waals surface area contributed by atoms with Crippen LogP contribution in [0.5, 0.6) is 0 Å². The molecule has 0 saturated carbocycles. The molecule has 4 aromatic rings. The second-order valence-electron chi connectivity index (χ2n) is 7.56. The highest BCUT2D eigenvalue weighted by Crippen LogP contribution is 2.23. The van der Waals surface area contributed by atoms with Gasteiger partial charge in [-0.1, -0.05) is 36.4 Å². The fraction of sp³-hybridized carbons (Fsp3) is 0.304. The average molecular weight is 361 g/mol. The molecule has 4 rings (SSSR count). The summed E-state index contributed by atoms with van der Waals surface area (Å²) in [5.74, 6) is 0. The lowest BCUT2D eigenvalue weighted by Crippen LogP contribution is -2.31. The quantitative estimate of drug-likeness (QED) is 0.539. The van der Waals surface area contributed by atoms with E-state index in [4.69, 9.17) is 0 Å². The lowest BCUT2D eigenvalue weighted by molar-refractivity contribution is 0.414. The van der Waals surface area contributed by atoms with E-state index in [1.165, 1.54) is 32.9 Å². The second-order valence-corrected chi connectivity index (χ2v) is 7.56. The molecule has 0 unspecified atom stereocenters. The van der Waals surface area contributed by atoms with Crippen molar-refractivity contribution in [1.82, 2.24) is 14.6 Å². The Labute approximate surface area is 161 Å². The molecule has 2 aromatic heterocycles. The number of hydrogen-bond donors (Lipinski definition) is 1. The molecule has 0 bridgehead atoms. The first-order chi connectivity index (χ1) is 13.1. The Morgan fingerprint density at radius 3 is 2.33 bits per heavy atom. The van der Waals surface area contributed by atoms with Crippen LogP contribution in [0.4, 0.5) is 0 Å². The van der Waals surface area contributed by atoms with Gasteiger partial charge in [-0.25, -0.2) is 0 Å². The van der Waals surface area contributed by atoms with E-state index in [2.05, 4.69) is 102 Å². The van der Waals surface area contributed by atoms with E-state index in [0.29, 0.717) is 0 Å². The molecule has 0 atom stereocenters. The van der Waals surface area contributed by atoms with Crippen LogP contribution < -0.4 is 5.01 Å². The van der Waals surface area contributed by atoms with Crippen LogP contribution in [0.2, 0.25) is 0 Å². The zero-order valence-corrected chi connectivity index (χ0v) is 16.4. The highest BCUT2D eigenvalue weighted by Gasteiger charge is 2.12. The van der Waals surface area contributed by atoms with Crippen molar-refractivity contribution < 1.29 is 0 Å². The van der Waals surface area contributed by atoms with Gasteiger partial charge >= 0.3 is 0 Å². The summed E-state index contributed by atoms with van der Waals surface area (Å²) in [4.78, 5) is 5.63. The van der Waals surface area contributed by atoms with Crippen LogP contribution in [0.3, 0.4) is 0 Å². The fourth-order valence-electron chi connectivity index (χ4n) is 3.79. The van der Waals surface area contributed by atoms with E-state index >= 15 is 0 Å². The van der Waals surface area contributed by atoms with E-state index in [1.54, 1.807) is 0 Å². The van der Waals surface area contributed by atoms with Crippen molar-refractivity contribution in [1.29, 1.82) is 0 Å². The molecule has 0 saturated heterocycles. The minimum atomic E-state index is 0.966. The van der Waals surface area contributed by atoms with Crippen molar-refractivity contribution >= 4 is 21.8 Å². The standard InChI is InChI=1S/C23H28N4/c1-25(2)14-12-19-17-27(23-11-7-5-9-21(19)23)26(3)15-13-18-16-24-22-10-6-4-8-20(18)22/h4-11,16-17,24H,12-15H2,1-3H3. The first-order valence-electron chi connectivity index (χ1n) is 9.63. The van der Waals surface area contributed by atoms with Crippen LogP contribution in [0, 0.1) is 0 Å². The van der Waals surface area contributed by atoms with Gasteiger partial charge in [0.25, 0.3) is 0 Å². The van der Waals surface area contributed by atoms with Crippen LogP contribution in [0.15, 0.2) is 60.9 Å². The number of H-pyrrole nitrogens is 1. The number of benzene rings is 2. The molecular formula is C23H28N4. The Balaban J connectivity index is 1.56. The van der Waals surface area contributed by atoms with Crippen molar-refractivity contribution in [3.05, 3.63) is 72.1 Å². The number of para-hydroxylation sites is 2. The largest absolute Gasteiger partial charge is 0.361 e. The van der Waals surface area contributed by atoms with Crippen molar-refractivity contribution in [3.8, 4) is 0 Å². The zero-order valence-electron chi connectivity index (χ0n) is 16.4. The van der Waals surface area contributed by atoms with E-state index < -0.39 is 0 Å². The van der Waals surface area contributed by atoms with E-state index in [9.17, 15) is 0 Å². The zero-order chi connectivity index (χ0) is 18.8. The van der Waals surface area contributed by atoms with E-state index in [0.717, 1.165) is 25.9 Å². The van der Waals surface area contributed by atoms with Gasteiger partial charge in [-0.3, -0.25) is 4.68 Å². The molecule has 0 spiro atoms. The molecule has 1 N–H and O–H groups in total. The number of aromatic amines is 1. The van der Waals surface area contributed by atoms with Gasteiger partial charge in [-0.15, -0.1) is 0 Å². The summed E-state index contributed by atoms with van der Waals surface area (Å²) in [6, 6.07) is 17.3. The second kappa shape index (κ2) is 7.49. The predicted molar refractivity (Wildman–Crippen MR) is 115 cm³/mol. The van der Waals surface area contributed by atoms with Crippen molar-refractivity contribution in [3.63, 3.8) is 0 Å². The summed E-state index contributed by atoms with van der Waals surface area (Å²) in [7, 11) is 6.44. The molecule has 0 radical (unpaired) electrons. The van der Waals surface area contributed by atoms with Crippen molar-refractivity contribution in [2.75, 3.05) is 39.2 Å².